The highest BCUT2D eigenvalue weighted by Gasteiger charge is 2.48. The normalized spacial score (nSPS) is 16.4. The van der Waals surface area contributed by atoms with E-state index in [0.717, 1.165) is 24.8 Å². The van der Waals surface area contributed by atoms with E-state index in [1.54, 1.807) is 24.3 Å². The van der Waals surface area contributed by atoms with Crippen molar-refractivity contribution in [1.29, 1.82) is 0 Å². The lowest BCUT2D eigenvalue weighted by Gasteiger charge is -2.23. The molecule has 40 heavy (non-hydrogen) atoms. The molecule has 2 heterocycles. The van der Waals surface area contributed by atoms with Crippen LogP contribution in [0.5, 0.6) is 5.75 Å². The van der Waals surface area contributed by atoms with Gasteiger partial charge >= 0.3 is 5.91 Å². The fourth-order valence-electron chi connectivity index (χ4n) is 4.49. The van der Waals surface area contributed by atoms with Gasteiger partial charge in [0.1, 0.15) is 11.5 Å². The van der Waals surface area contributed by atoms with Gasteiger partial charge < -0.3 is 9.84 Å². The van der Waals surface area contributed by atoms with E-state index in [-0.39, 0.29) is 11.3 Å². The molecule has 1 atom stereocenters. The zero-order valence-corrected chi connectivity index (χ0v) is 23.7. The molecule has 1 fully saturated rings. The second-order valence-corrected chi connectivity index (χ2v) is 11.5. The molecule has 1 unspecified atom stereocenters. The predicted octanol–water partition coefficient (Wildman–Crippen LogP) is 7.03. The molecule has 3 aromatic carbocycles. The van der Waals surface area contributed by atoms with Gasteiger partial charge in [-0.3, -0.25) is 14.5 Å². The molecule has 1 aromatic heterocycles. The minimum atomic E-state index is -0.890. The van der Waals surface area contributed by atoms with E-state index in [9.17, 15) is 14.7 Å². The number of unbranched alkanes of at least 4 members (excludes halogenated alkanes) is 2. The van der Waals surface area contributed by atoms with Crippen molar-refractivity contribution in [3.8, 4) is 5.75 Å². The molecule has 4 aromatic rings. The molecule has 1 amide bonds. The average Bonchev–Trinajstić information content (AvgIpc) is 3.57. The van der Waals surface area contributed by atoms with Crippen LogP contribution in [-0.4, -0.2) is 33.6 Å². The van der Waals surface area contributed by atoms with E-state index in [2.05, 4.69) is 17.1 Å². The minimum absolute atomic E-state index is 0.00743. The standard InChI is InChI=1S/C31H29N3O4S2/c1-2-3-10-18-38-24-17-11-16-23(19-24)26-25(27(35)22-14-8-5-9-15-22)28(36)29(37)34(26)30-32-33-31(40-30)39-20-21-12-6-4-7-13-21/h4-9,11-17,19,26,35H,2-3,10,18,20H2,1H3/b27-25+. The minimum Gasteiger partial charge on any atom is -0.507 e. The van der Waals surface area contributed by atoms with Crippen LogP contribution in [0, 0.1) is 0 Å². The number of aliphatic hydroxyl groups is 1. The van der Waals surface area contributed by atoms with Crippen LogP contribution in [0.4, 0.5) is 5.13 Å². The summed E-state index contributed by atoms with van der Waals surface area (Å²) in [5.41, 5.74) is 2.24. The molecule has 1 N–H and O–H groups in total. The van der Waals surface area contributed by atoms with Gasteiger partial charge in [0.2, 0.25) is 5.13 Å². The van der Waals surface area contributed by atoms with E-state index in [4.69, 9.17) is 4.74 Å². The topological polar surface area (TPSA) is 92.6 Å². The summed E-state index contributed by atoms with van der Waals surface area (Å²) in [7, 11) is 0. The maximum atomic E-state index is 13.5. The molecule has 1 aliphatic rings. The largest absolute Gasteiger partial charge is 0.507 e. The Morgan fingerprint density at radius 2 is 1.73 bits per heavy atom. The Labute approximate surface area is 241 Å². The summed E-state index contributed by atoms with van der Waals surface area (Å²) in [4.78, 5) is 28.3. The molecule has 0 radical (unpaired) electrons. The van der Waals surface area contributed by atoms with E-state index in [0.29, 0.717) is 38.7 Å². The number of thioether (sulfide) groups is 1. The molecule has 0 saturated carbocycles. The Hall–Kier alpha value is -3.95. The van der Waals surface area contributed by atoms with Gasteiger partial charge in [-0.1, -0.05) is 116 Å². The van der Waals surface area contributed by atoms with Crippen LogP contribution in [0.15, 0.2) is 94.8 Å². The number of aliphatic hydroxyl groups excluding tert-OH is 1. The third kappa shape index (κ3) is 6.11. The number of anilines is 1. The van der Waals surface area contributed by atoms with Crippen LogP contribution in [0.2, 0.25) is 0 Å². The van der Waals surface area contributed by atoms with E-state index < -0.39 is 17.7 Å². The SMILES string of the molecule is CCCCCOc1cccc(C2/C(=C(\O)c3ccccc3)C(=O)C(=O)N2c2nnc(SCc3ccccc3)s2)c1. The third-order valence-electron chi connectivity index (χ3n) is 6.49. The Bertz CT molecular complexity index is 1510. The van der Waals surface area contributed by atoms with Gasteiger partial charge in [0.05, 0.1) is 18.2 Å². The first-order chi connectivity index (χ1) is 19.6. The molecule has 7 nitrogen and oxygen atoms in total. The Kier molecular flexibility index (Phi) is 8.93. The Balaban J connectivity index is 1.51. The van der Waals surface area contributed by atoms with Crippen LogP contribution in [0.25, 0.3) is 5.76 Å². The number of ketones is 1. The van der Waals surface area contributed by atoms with Crippen LogP contribution in [0.3, 0.4) is 0 Å². The van der Waals surface area contributed by atoms with Crippen molar-refractivity contribution in [1.82, 2.24) is 10.2 Å². The van der Waals surface area contributed by atoms with Gasteiger partial charge in [-0.05, 0) is 29.7 Å². The molecule has 0 aliphatic carbocycles. The number of ether oxygens (including phenoxy) is 1. The predicted molar refractivity (Wildman–Crippen MR) is 159 cm³/mol. The maximum absolute atomic E-state index is 13.5. The summed E-state index contributed by atoms with van der Waals surface area (Å²) in [6, 6.07) is 25.2. The van der Waals surface area contributed by atoms with Gasteiger partial charge in [0.15, 0.2) is 4.34 Å². The lowest BCUT2D eigenvalue weighted by atomic mass is 9.95. The molecule has 1 saturated heterocycles. The zero-order valence-electron chi connectivity index (χ0n) is 22.0. The molecule has 204 valence electrons. The number of aromatic nitrogens is 2. The first kappa shape index (κ1) is 27.6. The number of hydrogen-bond acceptors (Lipinski definition) is 8. The summed E-state index contributed by atoms with van der Waals surface area (Å²) in [6.45, 7) is 2.70. The smallest absolute Gasteiger partial charge is 0.301 e. The molecular formula is C31H29N3O4S2. The van der Waals surface area contributed by atoms with E-state index in [1.807, 2.05) is 60.7 Å². The number of rotatable bonds is 11. The lowest BCUT2D eigenvalue weighted by molar-refractivity contribution is -0.132. The van der Waals surface area contributed by atoms with Crippen molar-refractivity contribution in [3.05, 3.63) is 107 Å². The van der Waals surface area contributed by atoms with Crippen LogP contribution >= 0.6 is 23.1 Å². The number of Topliss-reactive ketones (excluding diaryl/α,β-unsaturated/α-hetero) is 1. The molecule has 0 bridgehead atoms. The summed E-state index contributed by atoms with van der Waals surface area (Å²) in [5.74, 6) is -0.427. The second-order valence-electron chi connectivity index (χ2n) is 9.29. The van der Waals surface area contributed by atoms with Crippen LogP contribution in [0.1, 0.15) is 48.9 Å². The zero-order chi connectivity index (χ0) is 27.9. The second kappa shape index (κ2) is 12.9. The van der Waals surface area contributed by atoms with Crippen molar-refractivity contribution >= 4 is 45.7 Å². The Morgan fingerprint density at radius 1 is 0.975 bits per heavy atom. The maximum Gasteiger partial charge on any atom is 0.301 e. The Morgan fingerprint density at radius 3 is 2.48 bits per heavy atom. The highest BCUT2D eigenvalue weighted by molar-refractivity contribution is 8.00. The van der Waals surface area contributed by atoms with E-state index in [1.165, 1.54) is 28.0 Å². The first-order valence-corrected chi connectivity index (χ1v) is 15.0. The molecular weight excluding hydrogens is 542 g/mol. The van der Waals surface area contributed by atoms with Gasteiger partial charge in [-0.25, -0.2) is 0 Å². The summed E-state index contributed by atoms with van der Waals surface area (Å²) < 4.78 is 6.64. The highest BCUT2D eigenvalue weighted by Crippen LogP contribution is 2.44. The number of hydrogen-bond donors (Lipinski definition) is 1. The first-order valence-electron chi connectivity index (χ1n) is 13.2. The monoisotopic (exact) mass is 571 g/mol. The molecule has 1 aliphatic heterocycles. The van der Waals surface area contributed by atoms with Gasteiger partial charge in [0.25, 0.3) is 5.78 Å². The van der Waals surface area contributed by atoms with Gasteiger partial charge in [-0.15, -0.1) is 10.2 Å². The van der Waals surface area contributed by atoms with Crippen molar-refractivity contribution in [2.24, 2.45) is 0 Å². The summed E-state index contributed by atoms with van der Waals surface area (Å²) >= 11 is 2.76. The third-order valence-corrected chi connectivity index (χ3v) is 8.62. The quantitative estimate of drug-likeness (QED) is 0.0516. The van der Waals surface area contributed by atoms with Crippen molar-refractivity contribution in [2.45, 2.75) is 42.3 Å². The summed E-state index contributed by atoms with van der Waals surface area (Å²) in [6.07, 6.45) is 3.09. The van der Waals surface area contributed by atoms with Crippen molar-refractivity contribution < 1.29 is 19.4 Å². The number of nitrogens with zero attached hydrogens (tertiary/aromatic N) is 3. The highest BCUT2D eigenvalue weighted by atomic mass is 32.2. The number of amides is 1. The number of carbonyl (C=O) groups is 2. The molecule has 5 rings (SSSR count). The number of carbonyl (C=O) groups excluding carboxylic acids is 2. The van der Waals surface area contributed by atoms with Gasteiger partial charge in [0, 0.05) is 11.3 Å². The fraction of sp³-hybridized carbons (Fsp3) is 0.226. The molecule has 0 spiro atoms. The summed E-state index contributed by atoms with van der Waals surface area (Å²) in [5, 5.41) is 20.2. The number of benzene rings is 3. The van der Waals surface area contributed by atoms with Crippen molar-refractivity contribution in [2.75, 3.05) is 11.5 Å². The fourth-order valence-corrected chi connectivity index (χ4v) is 6.31. The van der Waals surface area contributed by atoms with Crippen molar-refractivity contribution in [3.63, 3.8) is 0 Å². The average molecular weight is 572 g/mol. The lowest BCUT2D eigenvalue weighted by Crippen LogP contribution is -2.29. The van der Waals surface area contributed by atoms with Crippen LogP contribution in [-0.2, 0) is 15.3 Å². The van der Waals surface area contributed by atoms with Crippen LogP contribution < -0.4 is 9.64 Å². The van der Waals surface area contributed by atoms with Gasteiger partial charge in [-0.2, -0.15) is 0 Å². The van der Waals surface area contributed by atoms with E-state index >= 15 is 0 Å². The molecule has 9 heteroatoms.